The van der Waals surface area contributed by atoms with Gasteiger partial charge in [-0.25, -0.2) is 4.79 Å². The van der Waals surface area contributed by atoms with Gasteiger partial charge in [-0.3, -0.25) is 19.3 Å². The van der Waals surface area contributed by atoms with E-state index in [0.717, 1.165) is 23.7 Å². The average Bonchev–Trinajstić information content (AvgIpc) is 3.46. The van der Waals surface area contributed by atoms with Crippen LogP contribution in [-0.2, 0) is 14.3 Å². The molecule has 2 aliphatic carbocycles. The molecule has 1 aliphatic heterocycles. The molecule has 31 heavy (non-hydrogen) atoms. The van der Waals surface area contributed by atoms with Gasteiger partial charge in [0.2, 0.25) is 11.8 Å². The van der Waals surface area contributed by atoms with Crippen molar-refractivity contribution >= 4 is 45.2 Å². The Hall–Kier alpha value is -2.80. The fourth-order valence-corrected chi connectivity index (χ4v) is 5.61. The topological polar surface area (TPSA) is 80.8 Å². The molecule has 2 aromatic rings. The minimum atomic E-state index is -0.633. The molecule has 0 unspecified atom stereocenters. The molecule has 0 spiro atoms. The van der Waals surface area contributed by atoms with Crippen LogP contribution >= 0.6 is 15.9 Å². The Bertz CT molecular complexity index is 1050. The van der Waals surface area contributed by atoms with Gasteiger partial charge in [-0.2, -0.15) is 0 Å². The lowest BCUT2D eigenvalue weighted by Gasteiger charge is -2.19. The fourth-order valence-electron chi connectivity index (χ4n) is 5.34. The molecule has 1 heterocycles. The molecule has 5 rings (SSSR count). The number of halogens is 1. The summed E-state index contributed by atoms with van der Waals surface area (Å²) in [6.07, 6.45) is 3.05. The van der Waals surface area contributed by atoms with Gasteiger partial charge in [0.05, 0.1) is 23.1 Å². The first-order valence-electron chi connectivity index (χ1n) is 10.4. The maximum Gasteiger partial charge on any atom is 0.338 e. The largest absolute Gasteiger partial charge is 0.454 e. The Kier molecular flexibility index (Phi) is 5.01. The highest BCUT2D eigenvalue weighted by Gasteiger charge is 2.61. The average molecular weight is 482 g/mol. The molecule has 0 radical (unpaired) electrons. The summed E-state index contributed by atoms with van der Waals surface area (Å²) in [7, 11) is 0. The number of esters is 1. The Morgan fingerprint density at radius 2 is 1.42 bits per heavy atom. The number of nitrogens with zero attached hydrogens (tertiary/aromatic N) is 1. The number of hydrogen-bond acceptors (Lipinski definition) is 5. The molecule has 2 aromatic carbocycles. The molecule has 2 bridgehead atoms. The van der Waals surface area contributed by atoms with Crippen LogP contribution in [0.15, 0.2) is 53.0 Å². The van der Waals surface area contributed by atoms with E-state index in [1.165, 1.54) is 17.0 Å². The third-order valence-electron chi connectivity index (χ3n) is 6.79. The van der Waals surface area contributed by atoms with Gasteiger partial charge in [-0.05, 0) is 67.5 Å². The zero-order valence-electron chi connectivity index (χ0n) is 16.6. The maximum absolute atomic E-state index is 12.9. The number of Topliss-reactive ketones (excluding diaryl/α,β-unsaturated/α-hetero) is 1. The first kappa shape index (κ1) is 20.1. The van der Waals surface area contributed by atoms with Crippen molar-refractivity contribution in [3.8, 4) is 0 Å². The second-order valence-electron chi connectivity index (χ2n) is 8.45. The van der Waals surface area contributed by atoms with Crippen molar-refractivity contribution < 1.29 is 23.9 Å². The standard InChI is InChI=1S/C24H20BrNO5/c25-17-7-3-13(4-8-17)19(27)12-31-24(30)14-5-9-18(10-6-14)26-22(28)20-15-1-2-16(11-15)21(20)23(26)29/h3-10,15-16,20-21H,1-2,11-12H2/t15-,16+,20-,21+. The zero-order valence-corrected chi connectivity index (χ0v) is 18.2. The first-order valence-corrected chi connectivity index (χ1v) is 11.2. The van der Waals surface area contributed by atoms with E-state index in [4.69, 9.17) is 4.74 Å². The minimum Gasteiger partial charge on any atom is -0.454 e. The lowest BCUT2D eigenvalue weighted by molar-refractivity contribution is -0.123. The third-order valence-corrected chi connectivity index (χ3v) is 7.32. The van der Waals surface area contributed by atoms with Gasteiger partial charge in [-0.15, -0.1) is 0 Å². The highest BCUT2D eigenvalue weighted by molar-refractivity contribution is 9.10. The van der Waals surface area contributed by atoms with E-state index in [1.54, 1.807) is 36.4 Å². The number of hydrogen-bond donors (Lipinski definition) is 0. The van der Waals surface area contributed by atoms with Crippen LogP contribution in [0.25, 0.3) is 0 Å². The highest BCUT2D eigenvalue weighted by Crippen LogP contribution is 2.56. The van der Waals surface area contributed by atoms with Crippen LogP contribution < -0.4 is 4.90 Å². The molecule has 2 saturated carbocycles. The molecule has 158 valence electrons. The molecule has 7 heteroatoms. The second kappa shape index (κ2) is 7.71. The highest BCUT2D eigenvalue weighted by atomic mass is 79.9. The molecule has 6 nitrogen and oxygen atoms in total. The smallest absolute Gasteiger partial charge is 0.338 e. The quantitative estimate of drug-likeness (QED) is 0.365. The van der Waals surface area contributed by atoms with E-state index in [2.05, 4.69) is 15.9 Å². The van der Waals surface area contributed by atoms with Crippen LogP contribution in [0.3, 0.4) is 0 Å². The van der Waals surface area contributed by atoms with Crippen molar-refractivity contribution in [2.75, 3.05) is 11.5 Å². The SMILES string of the molecule is O=C(COC(=O)c1ccc(N2C(=O)[C@@H]3[C@@H]4CC[C@@H](C4)[C@@H]3C2=O)cc1)c1ccc(Br)cc1. The molecule has 3 fully saturated rings. The van der Waals surface area contributed by atoms with E-state index in [9.17, 15) is 19.2 Å². The second-order valence-corrected chi connectivity index (χ2v) is 9.37. The van der Waals surface area contributed by atoms with Crippen molar-refractivity contribution in [1.29, 1.82) is 0 Å². The summed E-state index contributed by atoms with van der Waals surface area (Å²) in [5.41, 5.74) is 1.19. The van der Waals surface area contributed by atoms with Gasteiger partial charge < -0.3 is 4.74 Å². The number of anilines is 1. The lowest BCUT2D eigenvalue weighted by atomic mass is 9.81. The van der Waals surface area contributed by atoms with Crippen molar-refractivity contribution in [2.45, 2.75) is 19.3 Å². The Labute approximate surface area is 187 Å². The molecular weight excluding hydrogens is 462 g/mol. The van der Waals surface area contributed by atoms with Gasteiger partial charge in [0.1, 0.15) is 0 Å². The summed E-state index contributed by atoms with van der Waals surface area (Å²) < 4.78 is 5.99. The van der Waals surface area contributed by atoms with Crippen LogP contribution in [0, 0.1) is 23.7 Å². The maximum atomic E-state index is 12.9. The van der Waals surface area contributed by atoms with Crippen LogP contribution in [0.5, 0.6) is 0 Å². The van der Waals surface area contributed by atoms with Gasteiger partial charge in [0.15, 0.2) is 12.4 Å². The van der Waals surface area contributed by atoms with Crippen LogP contribution in [0.4, 0.5) is 5.69 Å². The number of fused-ring (bicyclic) bond motifs is 5. The predicted octanol–water partition coefficient (Wildman–Crippen LogP) is 4.02. The predicted molar refractivity (Wildman–Crippen MR) is 116 cm³/mol. The van der Waals surface area contributed by atoms with Gasteiger partial charge in [0, 0.05) is 10.0 Å². The molecule has 0 aromatic heterocycles. The summed E-state index contributed by atoms with van der Waals surface area (Å²) in [6, 6.07) is 13.0. The lowest BCUT2D eigenvalue weighted by Crippen LogP contribution is -2.32. The van der Waals surface area contributed by atoms with Crippen LogP contribution in [0.1, 0.15) is 40.0 Å². The fraction of sp³-hybridized carbons (Fsp3) is 0.333. The molecule has 2 amide bonds. The summed E-state index contributed by atoms with van der Waals surface area (Å²) >= 11 is 3.31. The van der Waals surface area contributed by atoms with Crippen molar-refractivity contribution in [3.05, 3.63) is 64.1 Å². The molecular formula is C24H20BrNO5. The number of carbonyl (C=O) groups excluding carboxylic acids is 4. The normalized spacial score (nSPS) is 26.3. The molecule has 3 aliphatic rings. The number of rotatable bonds is 5. The van der Waals surface area contributed by atoms with Crippen LogP contribution in [0.2, 0.25) is 0 Å². The van der Waals surface area contributed by atoms with E-state index in [0.29, 0.717) is 23.1 Å². The summed E-state index contributed by atoms with van der Waals surface area (Å²) in [4.78, 5) is 51.6. The Morgan fingerprint density at radius 1 is 0.871 bits per heavy atom. The summed E-state index contributed by atoms with van der Waals surface area (Å²) in [5.74, 6) is -0.864. The molecule has 1 saturated heterocycles. The van der Waals surface area contributed by atoms with Gasteiger partial charge in [0.25, 0.3) is 0 Å². The Balaban J connectivity index is 1.24. The third kappa shape index (κ3) is 3.41. The minimum absolute atomic E-state index is 0.113. The molecule has 0 N–H and O–H groups in total. The van der Waals surface area contributed by atoms with Gasteiger partial charge >= 0.3 is 5.97 Å². The van der Waals surface area contributed by atoms with E-state index < -0.39 is 5.97 Å². The van der Waals surface area contributed by atoms with E-state index in [1.807, 2.05) is 0 Å². The number of imide groups is 1. The monoisotopic (exact) mass is 481 g/mol. The number of ether oxygens (including phenoxy) is 1. The van der Waals surface area contributed by atoms with E-state index in [-0.39, 0.29) is 41.6 Å². The summed E-state index contributed by atoms with van der Waals surface area (Å²) in [6.45, 7) is -0.364. The number of carbonyl (C=O) groups is 4. The van der Waals surface area contributed by atoms with Crippen molar-refractivity contribution in [3.63, 3.8) is 0 Å². The van der Waals surface area contributed by atoms with Crippen molar-refractivity contribution in [1.82, 2.24) is 0 Å². The molecule has 4 atom stereocenters. The summed E-state index contributed by atoms with van der Waals surface area (Å²) in [5, 5.41) is 0. The Morgan fingerprint density at radius 3 is 2.00 bits per heavy atom. The number of benzene rings is 2. The van der Waals surface area contributed by atoms with Gasteiger partial charge in [-0.1, -0.05) is 28.1 Å². The zero-order chi connectivity index (χ0) is 21.7. The first-order chi connectivity index (χ1) is 14.9. The van der Waals surface area contributed by atoms with Crippen LogP contribution in [-0.4, -0.2) is 30.2 Å². The number of amides is 2. The van der Waals surface area contributed by atoms with Crippen molar-refractivity contribution in [2.24, 2.45) is 23.7 Å². The number of ketones is 1. The van der Waals surface area contributed by atoms with E-state index >= 15 is 0 Å².